The van der Waals surface area contributed by atoms with E-state index < -0.39 is 0 Å². The van der Waals surface area contributed by atoms with Crippen LogP contribution in [0.15, 0.2) is 48.5 Å². The van der Waals surface area contributed by atoms with Crippen molar-refractivity contribution in [1.29, 1.82) is 0 Å². The average Bonchev–Trinajstić information content (AvgIpc) is 2.74. The standard InChI is InChI=1S/C23H28N6O2/c1-15-5-6-19(13-16(15)2)28-23(30)25-12-11-24-22-26-17(3)14-21(29-22)27-18-7-9-20(31-4)10-8-18/h5-10,13-14H,11-12H2,1-4H3,(H2,25,28,30)(H2,24,26,27,29). The number of benzene rings is 2. The van der Waals surface area contributed by atoms with Crippen LogP contribution in [0.25, 0.3) is 0 Å². The molecule has 2 aromatic carbocycles. The maximum absolute atomic E-state index is 12.1. The molecule has 0 aliphatic heterocycles. The van der Waals surface area contributed by atoms with Crippen LogP contribution < -0.4 is 26.0 Å². The van der Waals surface area contributed by atoms with Gasteiger partial charge in [-0.3, -0.25) is 0 Å². The van der Waals surface area contributed by atoms with Crippen molar-refractivity contribution in [1.82, 2.24) is 15.3 Å². The van der Waals surface area contributed by atoms with Crippen LogP contribution in [0.2, 0.25) is 0 Å². The molecule has 0 saturated heterocycles. The van der Waals surface area contributed by atoms with Gasteiger partial charge in [-0.05, 0) is 68.3 Å². The number of amides is 2. The number of nitrogens with zero attached hydrogens (tertiary/aromatic N) is 2. The van der Waals surface area contributed by atoms with Crippen molar-refractivity contribution in [3.05, 3.63) is 65.4 Å². The second-order valence-electron chi connectivity index (χ2n) is 7.18. The number of aromatic nitrogens is 2. The topological polar surface area (TPSA) is 100 Å². The van der Waals surface area contributed by atoms with E-state index in [0.717, 1.165) is 28.4 Å². The number of nitrogens with one attached hydrogen (secondary N) is 4. The number of rotatable bonds is 8. The van der Waals surface area contributed by atoms with Crippen molar-refractivity contribution in [3.8, 4) is 5.75 Å². The first kappa shape index (κ1) is 21.9. The fourth-order valence-corrected chi connectivity index (χ4v) is 2.88. The molecule has 8 heteroatoms. The van der Waals surface area contributed by atoms with Gasteiger partial charge in [-0.15, -0.1) is 0 Å². The lowest BCUT2D eigenvalue weighted by atomic mass is 10.1. The van der Waals surface area contributed by atoms with Gasteiger partial charge < -0.3 is 26.0 Å². The maximum Gasteiger partial charge on any atom is 0.319 e. The molecular weight excluding hydrogens is 392 g/mol. The van der Waals surface area contributed by atoms with Crippen molar-refractivity contribution in [2.75, 3.05) is 36.1 Å². The van der Waals surface area contributed by atoms with E-state index in [1.165, 1.54) is 5.56 Å². The highest BCUT2D eigenvalue weighted by atomic mass is 16.5. The van der Waals surface area contributed by atoms with E-state index in [-0.39, 0.29) is 6.03 Å². The monoisotopic (exact) mass is 420 g/mol. The smallest absolute Gasteiger partial charge is 0.319 e. The van der Waals surface area contributed by atoms with Crippen LogP contribution in [-0.4, -0.2) is 36.2 Å². The van der Waals surface area contributed by atoms with E-state index in [1.807, 2.05) is 69.3 Å². The molecule has 0 atom stereocenters. The normalized spacial score (nSPS) is 10.3. The van der Waals surface area contributed by atoms with Crippen LogP contribution in [0.4, 0.5) is 27.9 Å². The number of ether oxygens (including phenoxy) is 1. The van der Waals surface area contributed by atoms with Crippen molar-refractivity contribution < 1.29 is 9.53 Å². The molecule has 0 aliphatic rings. The number of hydrogen-bond acceptors (Lipinski definition) is 6. The van der Waals surface area contributed by atoms with Crippen LogP contribution >= 0.6 is 0 Å². The SMILES string of the molecule is COc1ccc(Nc2cc(C)nc(NCCNC(=O)Nc3ccc(C)c(C)c3)n2)cc1. The van der Waals surface area contributed by atoms with Gasteiger partial charge >= 0.3 is 6.03 Å². The van der Waals surface area contributed by atoms with Crippen molar-refractivity contribution in [2.24, 2.45) is 0 Å². The predicted molar refractivity (Wildman–Crippen MR) is 124 cm³/mol. The highest BCUT2D eigenvalue weighted by Crippen LogP contribution is 2.20. The molecule has 0 saturated carbocycles. The van der Waals surface area contributed by atoms with Crippen LogP contribution in [0.1, 0.15) is 16.8 Å². The minimum absolute atomic E-state index is 0.253. The van der Waals surface area contributed by atoms with Crippen LogP contribution in [0.3, 0.4) is 0 Å². The zero-order valence-electron chi connectivity index (χ0n) is 18.2. The molecule has 0 aliphatic carbocycles. The zero-order chi connectivity index (χ0) is 22.2. The van der Waals surface area contributed by atoms with Gasteiger partial charge in [0, 0.05) is 36.2 Å². The molecule has 31 heavy (non-hydrogen) atoms. The third-order valence-corrected chi connectivity index (χ3v) is 4.68. The van der Waals surface area contributed by atoms with Gasteiger partial charge in [-0.25, -0.2) is 9.78 Å². The third kappa shape index (κ3) is 6.60. The highest BCUT2D eigenvalue weighted by Gasteiger charge is 2.05. The molecule has 0 fully saturated rings. The Kier molecular flexibility index (Phi) is 7.26. The first-order chi connectivity index (χ1) is 14.9. The van der Waals surface area contributed by atoms with Crippen molar-refractivity contribution in [3.63, 3.8) is 0 Å². The van der Waals surface area contributed by atoms with Gasteiger partial charge in [0.15, 0.2) is 0 Å². The summed E-state index contributed by atoms with van der Waals surface area (Å²) in [5, 5.41) is 12.0. The lowest BCUT2D eigenvalue weighted by Crippen LogP contribution is -2.32. The van der Waals surface area contributed by atoms with Gasteiger partial charge in [-0.2, -0.15) is 4.98 Å². The first-order valence-electron chi connectivity index (χ1n) is 10.1. The Hall–Kier alpha value is -3.81. The molecule has 2 amide bonds. The lowest BCUT2D eigenvalue weighted by molar-refractivity contribution is 0.252. The summed E-state index contributed by atoms with van der Waals surface area (Å²) in [7, 11) is 1.64. The van der Waals surface area contributed by atoms with Gasteiger partial charge in [0.2, 0.25) is 5.95 Å². The third-order valence-electron chi connectivity index (χ3n) is 4.68. The summed E-state index contributed by atoms with van der Waals surface area (Å²) in [6.07, 6.45) is 0. The summed E-state index contributed by atoms with van der Waals surface area (Å²) in [5.74, 6) is 1.97. The number of hydrogen-bond donors (Lipinski definition) is 4. The van der Waals surface area contributed by atoms with Gasteiger partial charge in [0.1, 0.15) is 11.6 Å². The Morgan fingerprint density at radius 2 is 1.65 bits per heavy atom. The largest absolute Gasteiger partial charge is 0.497 e. The molecule has 8 nitrogen and oxygen atoms in total. The van der Waals surface area contributed by atoms with Crippen LogP contribution in [0, 0.1) is 20.8 Å². The number of methoxy groups -OCH3 is 1. The zero-order valence-corrected chi connectivity index (χ0v) is 18.2. The van der Waals surface area contributed by atoms with Gasteiger partial charge in [-0.1, -0.05) is 6.07 Å². The molecule has 3 aromatic rings. The van der Waals surface area contributed by atoms with Crippen molar-refractivity contribution in [2.45, 2.75) is 20.8 Å². The molecule has 3 rings (SSSR count). The highest BCUT2D eigenvalue weighted by molar-refractivity contribution is 5.89. The quantitative estimate of drug-likeness (QED) is 0.403. The van der Waals surface area contributed by atoms with E-state index in [9.17, 15) is 4.79 Å². The average molecular weight is 421 g/mol. The number of carbonyl (C=O) groups is 1. The van der Waals surface area contributed by atoms with Gasteiger partial charge in [0.25, 0.3) is 0 Å². The fraction of sp³-hybridized carbons (Fsp3) is 0.261. The summed E-state index contributed by atoms with van der Waals surface area (Å²) in [4.78, 5) is 21.0. The molecule has 1 heterocycles. The van der Waals surface area contributed by atoms with E-state index >= 15 is 0 Å². The molecule has 0 bridgehead atoms. The molecule has 4 N–H and O–H groups in total. The van der Waals surface area contributed by atoms with E-state index in [2.05, 4.69) is 31.2 Å². The van der Waals surface area contributed by atoms with Gasteiger partial charge in [0.05, 0.1) is 7.11 Å². The Morgan fingerprint density at radius 1 is 0.903 bits per heavy atom. The molecule has 1 aromatic heterocycles. The molecular formula is C23H28N6O2. The minimum atomic E-state index is -0.253. The first-order valence-corrected chi connectivity index (χ1v) is 10.1. The molecule has 162 valence electrons. The Labute approximate surface area is 182 Å². The minimum Gasteiger partial charge on any atom is -0.497 e. The predicted octanol–water partition coefficient (Wildman–Crippen LogP) is 4.39. The second kappa shape index (κ2) is 10.3. The van der Waals surface area contributed by atoms with Crippen molar-refractivity contribution >= 4 is 29.2 Å². The lowest BCUT2D eigenvalue weighted by Gasteiger charge is -2.11. The van der Waals surface area contributed by atoms with Crippen LogP contribution in [0.5, 0.6) is 5.75 Å². The second-order valence-corrected chi connectivity index (χ2v) is 7.18. The Bertz CT molecular complexity index is 1040. The summed E-state index contributed by atoms with van der Waals surface area (Å²) in [5.41, 5.74) is 4.82. The van der Waals surface area contributed by atoms with E-state index in [0.29, 0.717) is 24.9 Å². The summed E-state index contributed by atoms with van der Waals surface area (Å²) >= 11 is 0. The summed E-state index contributed by atoms with van der Waals surface area (Å²) in [6, 6.07) is 15.0. The Morgan fingerprint density at radius 3 is 2.35 bits per heavy atom. The van der Waals surface area contributed by atoms with E-state index in [4.69, 9.17) is 4.74 Å². The fourth-order valence-electron chi connectivity index (χ4n) is 2.88. The summed E-state index contributed by atoms with van der Waals surface area (Å²) in [6.45, 7) is 6.88. The summed E-state index contributed by atoms with van der Waals surface area (Å²) < 4.78 is 5.17. The molecule has 0 spiro atoms. The Balaban J connectivity index is 1.48. The van der Waals surface area contributed by atoms with Crippen LogP contribution in [-0.2, 0) is 0 Å². The number of aryl methyl sites for hydroxylation is 3. The maximum atomic E-state index is 12.1. The number of carbonyl (C=O) groups excluding carboxylic acids is 1. The van der Waals surface area contributed by atoms with E-state index in [1.54, 1.807) is 7.11 Å². The number of anilines is 4. The number of urea groups is 1. The molecule has 0 radical (unpaired) electrons. The molecule has 0 unspecified atom stereocenters.